The molecule has 2 rings (SSSR count). The predicted octanol–water partition coefficient (Wildman–Crippen LogP) is 3.18. The van der Waals surface area contributed by atoms with Crippen LogP contribution in [0.4, 0.5) is 0 Å². The van der Waals surface area contributed by atoms with E-state index in [0.29, 0.717) is 5.56 Å². The lowest BCUT2D eigenvalue weighted by Gasteiger charge is -2.31. The van der Waals surface area contributed by atoms with Crippen LogP contribution in [0.15, 0.2) is 40.7 Å². The summed E-state index contributed by atoms with van der Waals surface area (Å²) in [6, 6.07) is 8.39. The Morgan fingerprint density at radius 3 is 2.46 bits per heavy atom. The highest BCUT2D eigenvalue weighted by molar-refractivity contribution is 7.54. The number of nitrogens with zero attached hydrogens (tertiary/aromatic N) is 3. The van der Waals surface area contributed by atoms with Gasteiger partial charge in [0.2, 0.25) is 0 Å². The van der Waals surface area contributed by atoms with Crippen LogP contribution in [0.1, 0.15) is 25.2 Å². The van der Waals surface area contributed by atoms with E-state index < -0.39 is 25.4 Å². The van der Waals surface area contributed by atoms with E-state index in [4.69, 9.17) is 13.8 Å². The second kappa shape index (κ2) is 8.37. The van der Waals surface area contributed by atoms with Crippen molar-refractivity contribution in [3.05, 3.63) is 35.9 Å². The normalized spacial score (nSPS) is 18.6. The molecule has 132 valence electrons. The molecule has 0 aromatic heterocycles. The summed E-state index contributed by atoms with van der Waals surface area (Å²) < 4.78 is 29.0. The molecule has 0 saturated heterocycles. The van der Waals surface area contributed by atoms with Crippen LogP contribution in [0.3, 0.4) is 0 Å². The average molecular weight is 355 g/mol. The van der Waals surface area contributed by atoms with Crippen LogP contribution in [0.2, 0.25) is 0 Å². The third kappa shape index (κ3) is 4.01. The number of rotatable bonds is 8. The molecule has 1 aromatic rings. The van der Waals surface area contributed by atoms with E-state index in [2.05, 4.69) is 10.3 Å². The van der Waals surface area contributed by atoms with Crippen molar-refractivity contribution in [2.24, 2.45) is 10.3 Å². The van der Waals surface area contributed by atoms with E-state index in [9.17, 15) is 9.36 Å². The minimum absolute atomic E-state index is 0.149. The lowest BCUT2D eigenvalue weighted by molar-refractivity contribution is -0.142. The summed E-state index contributed by atoms with van der Waals surface area (Å²) in [4.78, 5) is 11.7. The minimum atomic E-state index is -3.55. The van der Waals surface area contributed by atoms with Gasteiger partial charge in [0, 0.05) is 0 Å². The second-order valence-electron chi connectivity index (χ2n) is 5.03. The van der Waals surface area contributed by atoms with Crippen molar-refractivity contribution in [2.45, 2.75) is 25.7 Å². The second-order valence-corrected chi connectivity index (χ2v) is 7.11. The molecule has 2 atom stereocenters. The maximum absolute atomic E-state index is 13.3. The quantitative estimate of drug-likeness (QED) is 0.525. The van der Waals surface area contributed by atoms with Crippen LogP contribution in [-0.2, 0) is 23.1 Å². The van der Waals surface area contributed by atoms with Gasteiger partial charge in [0.25, 0.3) is 0 Å². The fourth-order valence-electron chi connectivity index (χ4n) is 2.47. The molecule has 2 unspecified atom stereocenters. The molecule has 24 heavy (non-hydrogen) atoms. The van der Waals surface area contributed by atoms with Gasteiger partial charge in [-0.05, 0) is 19.4 Å². The molecule has 0 bridgehead atoms. The molecule has 1 aromatic carbocycles. The van der Waals surface area contributed by atoms with Crippen molar-refractivity contribution >= 4 is 13.6 Å². The maximum atomic E-state index is 13.3. The van der Waals surface area contributed by atoms with Crippen LogP contribution in [-0.4, -0.2) is 43.9 Å². The summed E-state index contributed by atoms with van der Waals surface area (Å²) in [5.74, 6) is -1.27. The van der Waals surface area contributed by atoms with E-state index in [-0.39, 0.29) is 19.8 Å². The van der Waals surface area contributed by atoms with Crippen LogP contribution in [0.5, 0.6) is 0 Å². The van der Waals surface area contributed by atoms with Crippen LogP contribution < -0.4 is 0 Å². The first kappa shape index (κ1) is 18.6. The van der Waals surface area contributed by atoms with Gasteiger partial charge in [-0.15, -0.1) is 0 Å². The molecule has 1 aliphatic rings. The van der Waals surface area contributed by atoms with Gasteiger partial charge in [-0.2, -0.15) is 5.11 Å². The first-order valence-corrected chi connectivity index (χ1v) is 9.35. The SMILES string of the molecule is CCOP(=O)(OCC)C(c1ccccc1)N1CC(C(=O)OC)N=N1. The van der Waals surface area contributed by atoms with Crippen LogP contribution in [0.25, 0.3) is 0 Å². The number of carbonyl (C=O) groups excluding carboxylic acids is 1. The van der Waals surface area contributed by atoms with Crippen molar-refractivity contribution in [3.8, 4) is 0 Å². The van der Waals surface area contributed by atoms with Gasteiger partial charge in [-0.1, -0.05) is 35.6 Å². The molecule has 9 heteroatoms. The Morgan fingerprint density at radius 1 is 1.29 bits per heavy atom. The van der Waals surface area contributed by atoms with E-state index >= 15 is 0 Å². The van der Waals surface area contributed by atoms with Gasteiger partial charge >= 0.3 is 13.6 Å². The third-order valence-corrected chi connectivity index (χ3v) is 5.84. The average Bonchev–Trinajstić information content (AvgIpc) is 3.05. The predicted molar refractivity (Wildman–Crippen MR) is 87.4 cm³/mol. The number of hydrogen-bond donors (Lipinski definition) is 0. The highest BCUT2D eigenvalue weighted by Crippen LogP contribution is 2.62. The molecular formula is C15H22N3O5P. The van der Waals surface area contributed by atoms with Crippen molar-refractivity contribution in [2.75, 3.05) is 26.9 Å². The number of methoxy groups -OCH3 is 1. The molecule has 0 radical (unpaired) electrons. The highest BCUT2D eigenvalue weighted by atomic mass is 31.2. The first-order chi connectivity index (χ1) is 11.6. The number of esters is 1. The van der Waals surface area contributed by atoms with E-state index in [1.807, 2.05) is 30.3 Å². The fourth-order valence-corrected chi connectivity index (χ4v) is 4.55. The van der Waals surface area contributed by atoms with Crippen molar-refractivity contribution in [1.82, 2.24) is 5.01 Å². The minimum Gasteiger partial charge on any atom is -0.467 e. The van der Waals surface area contributed by atoms with Gasteiger partial charge in [-0.25, -0.2) is 4.79 Å². The Hall–Kier alpha value is -1.76. The zero-order valence-corrected chi connectivity index (χ0v) is 14.9. The topological polar surface area (TPSA) is 89.8 Å². The molecule has 0 saturated carbocycles. The van der Waals surface area contributed by atoms with E-state index in [1.165, 1.54) is 12.1 Å². The molecule has 8 nitrogen and oxygen atoms in total. The zero-order valence-electron chi connectivity index (χ0n) is 14.0. The van der Waals surface area contributed by atoms with Crippen molar-refractivity contribution in [1.29, 1.82) is 0 Å². The Labute approximate surface area is 141 Å². The highest BCUT2D eigenvalue weighted by Gasteiger charge is 2.44. The first-order valence-electron chi connectivity index (χ1n) is 7.74. The van der Waals surface area contributed by atoms with Gasteiger partial charge in [0.15, 0.2) is 11.8 Å². The van der Waals surface area contributed by atoms with Crippen molar-refractivity contribution in [3.63, 3.8) is 0 Å². The number of ether oxygens (including phenoxy) is 1. The summed E-state index contributed by atoms with van der Waals surface area (Å²) in [5.41, 5.74) is 0.715. The summed E-state index contributed by atoms with van der Waals surface area (Å²) >= 11 is 0. The summed E-state index contributed by atoms with van der Waals surface area (Å²) in [5, 5.41) is 9.41. The summed E-state index contributed by atoms with van der Waals surface area (Å²) in [7, 11) is -2.25. The van der Waals surface area contributed by atoms with Gasteiger partial charge in [0.1, 0.15) is 0 Å². The molecule has 0 N–H and O–H groups in total. The van der Waals surface area contributed by atoms with Crippen LogP contribution in [0, 0.1) is 0 Å². The number of carbonyl (C=O) groups is 1. The van der Waals surface area contributed by atoms with Gasteiger partial charge in [0.05, 0.1) is 26.9 Å². The standard InChI is InChI=1S/C15H22N3O5P/c1-4-22-24(20,23-5-2)14(12-9-7-6-8-10-12)18-11-13(16-17-18)15(19)21-3/h6-10,13-14H,4-5,11H2,1-3H3. The Morgan fingerprint density at radius 2 is 1.92 bits per heavy atom. The Balaban J connectivity index is 2.36. The monoisotopic (exact) mass is 355 g/mol. The number of benzene rings is 1. The van der Waals surface area contributed by atoms with E-state index in [1.54, 1.807) is 13.8 Å². The molecule has 0 spiro atoms. The van der Waals surface area contributed by atoms with E-state index in [0.717, 1.165) is 0 Å². The molecule has 0 aliphatic carbocycles. The van der Waals surface area contributed by atoms with Gasteiger partial charge < -0.3 is 13.8 Å². The summed E-state index contributed by atoms with van der Waals surface area (Å²) in [6.07, 6.45) is 0. The lowest BCUT2D eigenvalue weighted by atomic mass is 10.2. The largest absolute Gasteiger partial charge is 0.467 e. The third-order valence-electron chi connectivity index (χ3n) is 3.44. The van der Waals surface area contributed by atoms with Crippen LogP contribution >= 0.6 is 7.60 Å². The zero-order chi connectivity index (χ0) is 17.6. The molecule has 1 heterocycles. The Bertz CT molecular complexity index is 615. The van der Waals surface area contributed by atoms with Gasteiger partial charge in [-0.3, -0.25) is 9.57 Å². The molecule has 1 aliphatic heterocycles. The Kier molecular flexibility index (Phi) is 6.48. The maximum Gasteiger partial charge on any atom is 0.359 e. The van der Waals surface area contributed by atoms with Crippen molar-refractivity contribution < 1.29 is 23.1 Å². The molecular weight excluding hydrogens is 333 g/mol. The lowest BCUT2D eigenvalue weighted by Crippen LogP contribution is -2.31. The number of hydrogen-bond acceptors (Lipinski definition) is 8. The molecule has 0 fully saturated rings. The smallest absolute Gasteiger partial charge is 0.359 e. The molecule has 0 amide bonds. The fraction of sp³-hybridized carbons (Fsp3) is 0.533. The summed E-state index contributed by atoms with van der Waals surface area (Å²) in [6.45, 7) is 4.10.